The molecule has 2 aromatic carbocycles. The number of carbonyl (C=O) groups is 3. The Balaban J connectivity index is 1.57. The van der Waals surface area contributed by atoms with Crippen LogP contribution in [-0.2, 0) is 20.7 Å². The summed E-state index contributed by atoms with van der Waals surface area (Å²) in [4.78, 5) is 38.5. The Morgan fingerprint density at radius 1 is 1.11 bits per heavy atom. The summed E-state index contributed by atoms with van der Waals surface area (Å²) in [7, 11) is 0. The van der Waals surface area contributed by atoms with E-state index in [0.29, 0.717) is 11.3 Å². The molecule has 7 heteroatoms. The first kappa shape index (κ1) is 18.2. The smallest absolute Gasteiger partial charge is 0.311 e. The molecule has 0 aliphatic rings. The number of rotatable bonds is 6. The number of benzene rings is 2. The van der Waals surface area contributed by atoms with Gasteiger partial charge >= 0.3 is 5.97 Å². The third-order valence-corrected chi connectivity index (χ3v) is 4.12. The molecule has 27 heavy (non-hydrogen) atoms. The number of primary amides is 1. The van der Waals surface area contributed by atoms with E-state index >= 15 is 0 Å². The molecule has 138 valence electrons. The number of esters is 1. The number of ether oxygens (including phenoxy) is 1. The second-order valence-corrected chi connectivity index (χ2v) is 6.10. The first-order chi connectivity index (χ1) is 12.9. The minimum atomic E-state index is -0.960. The average molecular weight is 365 g/mol. The van der Waals surface area contributed by atoms with Gasteiger partial charge in [-0.3, -0.25) is 14.4 Å². The third kappa shape index (κ3) is 4.33. The summed E-state index contributed by atoms with van der Waals surface area (Å²) in [6.45, 7) is 1.50. The number of hydrogen-bond acceptors (Lipinski definition) is 4. The Bertz CT molecular complexity index is 992. The van der Waals surface area contributed by atoms with Crippen molar-refractivity contribution < 1.29 is 19.1 Å². The zero-order valence-electron chi connectivity index (χ0n) is 14.7. The maximum atomic E-state index is 12.2. The van der Waals surface area contributed by atoms with E-state index in [1.165, 1.54) is 19.1 Å². The van der Waals surface area contributed by atoms with Crippen LogP contribution in [0.3, 0.4) is 0 Å². The number of aromatic amines is 1. The molecule has 0 radical (unpaired) electrons. The van der Waals surface area contributed by atoms with Crippen LogP contribution in [-0.4, -0.2) is 28.9 Å². The molecule has 0 aliphatic heterocycles. The number of H-pyrrole nitrogens is 1. The summed E-state index contributed by atoms with van der Waals surface area (Å²) in [6.07, 6.45) is 0.866. The van der Waals surface area contributed by atoms with Crippen LogP contribution in [0.25, 0.3) is 10.9 Å². The van der Waals surface area contributed by atoms with Crippen LogP contribution in [0.1, 0.15) is 22.8 Å². The summed E-state index contributed by atoms with van der Waals surface area (Å²) in [5.41, 5.74) is 7.73. The predicted octanol–water partition coefficient (Wildman–Crippen LogP) is 2.38. The molecule has 1 aromatic heterocycles. The lowest BCUT2D eigenvalue weighted by Crippen LogP contribution is -2.30. The Morgan fingerprint density at radius 3 is 2.52 bits per heavy atom. The lowest BCUT2D eigenvalue weighted by molar-refractivity contribution is -0.152. The molecule has 0 bridgehead atoms. The molecule has 7 nitrogen and oxygen atoms in total. The van der Waals surface area contributed by atoms with Crippen molar-refractivity contribution in [3.63, 3.8) is 0 Å². The SMILES string of the molecule is CC(OC(=O)Cc1c[nH]c2ccccc12)C(=O)Nc1ccc(C(N)=O)cc1. The monoisotopic (exact) mass is 365 g/mol. The Hall–Kier alpha value is -3.61. The molecule has 0 aliphatic carbocycles. The number of amides is 2. The van der Waals surface area contributed by atoms with Gasteiger partial charge in [-0.2, -0.15) is 0 Å². The number of carbonyl (C=O) groups excluding carboxylic acids is 3. The molecule has 0 spiro atoms. The molecule has 0 saturated carbocycles. The second-order valence-electron chi connectivity index (χ2n) is 6.10. The van der Waals surface area contributed by atoms with E-state index in [-0.39, 0.29) is 6.42 Å². The van der Waals surface area contributed by atoms with E-state index in [2.05, 4.69) is 10.3 Å². The molecule has 1 atom stereocenters. The van der Waals surface area contributed by atoms with Gasteiger partial charge in [0.15, 0.2) is 6.10 Å². The van der Waals surface area contributed by atoms with Crippen LogP contribution in [0, 0.1) is 0 Å². The lowest BCUT2D eigenvalue weighted by atomic mass is 10.1. The van der Waals surface area contributed by atoms with Gasteiger partial charge in [0.25, 0.3) is 5.91 Å². The van der Waals surface area contributed by atoms with Gasteiger partial charge in [-0.15, -0.1) is 0 Å². The zero-order chi connectivity index (χ0) is 19.4. The van der Waals surface area contributed by atoms with Crippen LogP contribution in [0.15, 0.2) is 54.7 Å². The summed E-state index contributed by atoms with van der Waals surface area (Å²) in [5, 5.41) is 3.57. The van der Waals surface area contributed by atoms with Gasteiger partial charge in [-0.1, -0.05) is 18.2 Å². The number of para-hydroxylation sites is 1. The van der Waals surface area contributed by atoms with Gasteiger partial charge in [0, 0.05) is 28.4 Å². The molecule has 0 saturated heterocycles. The van der Waals surface area contributed by atoms with Crippen molar-refractivity contribution in [1.82, 2.24) is 4.98 Å². The Morgan fingerprint density at radius 2 is 1.81 bits per heavy atom. The molecule has 1 unspecified atom stereocenters. The van der Waals surface area contributed by atoms with E-state index in [1.54, 1.807) is 18.3 Å². The fraction of sp³-hybridized carbons (Fsp3) is 0.150. The number of anilines is 1. The van der Waals surface area contributed by atoms with Gasteiger partial charge in [-0.05, 0) is 42.8 Å². The second kappa shape index (κ2) is 7.74. The molecule has 2 amide bonds. The zero-order valence-corrected chi connectivity index (χ0v) is 14.7. The highest BCUT2D eigenvalue weighted by Crippen LogP contribution is 2.18. The highest BCUT2D eigenvalue weighted by molar-refractivity contribution is 5.97. The number of nitrogens with two attached hydrogens (primary N) is 1. The standard InChI is InChI=1S/C20H19N3O4/c1-12(20(26)23-15-8-6-13(7-9-15)19(21)25)27-18(24)10-14-11-22-17-5-3-2-4-16(14)17/h2-9,11-12,22H,10H2,1H3,(H2,21,25)(H,23,26). The van der Waals surface area contributed by atoms with Crippen molar-refractivity contribution in [2.24, 2.45) is 5.73 Å². The molecule has 4 N–H and O–H groups in total. The maximum absolute atomic E-state index is 12.2. The fourth-order valence-electron chi connectivity index (χ4n) is 2.69. The van der Waals surface area contributed by atoms with Crippen molar-refractivity contribution in [1.29, 1.82) is 0 Å². The fourth-order valence-corrected chi connectivity index (χ4v) is 2.69. The average Bonchev–Trinajstić information content (AvgIpc) is 3.05. The van der Waals surface area contributed by atoms with E-state index < -0.39 is 23.9 Å². The highest BCUT2D eigenvalue weighted by atomic mass is 16.5. The molecule has 0 fully saturated rings. The molecule has 3 aromatic rings. The summed E-state index contributed by atoms with van der Waals surface area (Å²) in [6, 6.07) is 13.8. The van der Waals surface area contributed by atoms with Gasteiger partial charge in [-0.25, -0.2) is 0 Å². The number of aromatic nitrogens is 1. The van der Waals surface area contributed by atoms with Crippen molar-refractivity contribution in [3.05, 3.63) is 65.9 Å². The third-order valence-electron chi connectivity index (χ3n) is 4.12. The number of nitrogens with one attached hydrogen (secondary N) is 2. The van der Waals surface area contributed by atoms with Crippen molar-refractivity contribution >= 4 is 34.4 Å². The van der Waals surface area contributed by atoms with Gasteiger partial charge in [0.1, 0.15) is 0 Å². The van der Waals surface area contributed by atoms with Gasteiger partial charge < -0.3 is 20.8 Å². The van der Waals surface area contributed by atoms with Crippen molar-refractivity contribution in [2.45, 2.75) is 19.4 Å². The van der Waals surface area contributed by atoms with Crippen LogP contribution in [0.5, 0.6) is 0 Å². The van der Waals surface area contributed by atoms with Gasteiger partial charge in [0.2, 0.25) is 5.91 Å². The van der Waals surface area contributed by atoms with Crippen LogP contribution < -0.4 is 11.1 Å². The summed E-state index contributed by atoms with van der Waals surface area (Å²) >= 11 is 0. The van der Waals surface area contributed by atoms with Crippen molar-refractivity contribution in [3.8, 4) is 0 Å². The Labute approximate surface area is 155 Å². The predicted molar refractivity (Wildman–Crippen MR) is 101 cm³/mol. The lowest BCUT2D eigenvalue weighted by Gasteiger charge is -2.13. The van der Waals surface area contributed by atoms with E-state index in [4.69, 9.17) is 10.5 Å². The Kier molecular flexibility index (Phi) is 5.21. The first-order valence-corrected chi connectivity index (χ1v) is 8.39. The molecule has 1 heterocycles. The topological polar surface area (TPSA) is 114 Å². The summed E-state index contributed by atoms with van der Waals surface area (Å²) < 4.78 is 5.23. The number of hydrogen-bond donors (Lipinski definition) is 3. The quantitative estimate of drug-likeness (QED) is 0.582. The van der Waals surface area contributed by atoms with Crippen LogP contribution >= 0.6 is 0 Å². The molecule has 3 rings (SSSR count). The summed E-state index contributed by atoms with van der Waals surface area (Å²) in [5.74, 6) is -1.51. The minimum absolute atomic E-state index is 0.0644. The van der Waals surface area contributed by atoms with E-state index in [9.17, 15) is 14.4 Å². The first-order valence-electron chi connectivity index (χ1n) is 8.39. The normalized spacial score (nSPS) is 11.7. The van der Waals surface area contributed by atoms with E-state index in [0.717, 1.165) is 16.5 Å². The largest absolute Gasteiger partial charge is 0.452 e. The van der Waals surface area contributed by atoms with Crippen molar-refractivity contribution in [2.75, 3.05) is 5.32 Å². The van der Waals surface area contributed by atoms with E-state index in [1.807, 2.05) is 24.3 Å². The van der Waals surface area contributed by atoms with Crippen LogP contribution in [0.4, 0.5) is 5.69 Å². The minimum Gasteiger partial charge on any atom is -0.452 e. The van der Waals surface area contributed by atoms with Crippen LogP contribution in [0.2, 0.25) is 0 Å². The number of fused-ring (bicyclic) bond motifs is 1. The molecular weight excluding hydrogens is 346 g/mol. The van der Waals surface area contributed by atoms with Gasteiger partial charge in [0.05, 0.1) is 6.42 Å². The highest BCUT2D eigenvalue weighted by Gasteiger charge is 2.19. The maximum Gasteiger partial charge on any atom is 0.311 e. The molecular formula is C20H19N3O4.